The fourth-order valence-electron chi connectivity index (χ4n) is 2.13. The summed E-state index contributed by atoms with van der Waals surface area (Å²) in [6.45, 7) is 2.08. The molecule has 2 unspecified atom stereocenters. The van der Waals surface area contributed by atoms with Crippen LogP contribution in [-0.2, 0) is 6.42 Å². The van der Waals surface area contributed by atoms with Crippen molar-refractivity contribution in [2.45, 2.75) is 19.4 Å². The molecule has 0 aromatic heterocycles. The van der Waals surface area contributed by atoms with E-state index in [1.54, 1.807) is 0 Å². The first-order valence-electron chi connectivity index (χ1n) is 6.14. The van der Waals surface area contributed by atoms with E-state index in [1.165, 1.54) is 5.56 Å². The summed E-state index contributed by atoms with van der Waals surface area (Å²) >= 11 is 3.47. The van der Waals surface area contributed by atoms with Crippen molar-refractivity contribution in [1.29, 1.82) is 0 Å². The smallest absolute Gasteiger partial charge is 0.0818 e. The first-order chi connectivity index (χ1) is 8.66. The van der Waals surface area contributed by atoms with Gasteiger partial charge in [0.2, 0.25) is 0 Å². The maximum Gasteiger partial charge on any atom is 0.0818 e. The topological polar surface area (TPSA) is 20.2 Å². The number of hydrogen-bond acceptors (Lipinski definition) is 1. The second kappa shape index (κ2) is 6.17. The van der Waals surface area contributed by atoms with E-state index < -0.39 is 6.10 Å². The molecule has 0 heterocycles. The zero-order chi connectivity index (χ0) is 13.0. The van der Waals surface area contributed by atoms with Gasteiger partial charge in [-0.05, 0) is 35.6 Å². The highest BCUT2D eigenvalue weighted by atomic mass is 79.9. The number of benzene rings is 2. The van der Waals surface area contributed by atoms with Crippen molar-refractivity contribution < 1.29 is 5.11 Å². The zero-order valence-electron chi connectivity index (χ0n) is 10.4. The summed E-state index contributed by atoms with van der Waals surface area (Å²) in [5, 5.41) is 10.3. The Morgan fingerprint density at radius 1 is 1.06 bits per heavy atom. The minimum atomic E-state index is -0.412. The maximum atomic E-state index is 10.3. The molecule has 1 N–H and O–H groups in total. The van der Waals surface area contributed by atoms with Crippen molar-refractivity contribution in [2.24, 2.45) is 5.92 Å². The fraction of sp³-hybridized carbons (Fsp3) is 0.250. The summed E-state index contributed by atoms with van der Waals surface area (Å²) in [6, 6.07) is 18.1. The van der Waals surface area contributed by atoms with Crippen LogP contribution in [0.3, 0.4) is 0 Å². The van der Waals surface area contributed by atoms with Gasteiger partial charge in [0.15, 0.2) is 0 Å². The van der Waals surface area contributed by atoms with Crippen LogP contribution in [0.4, 0.5) is 0 Å². The highest BCUT2D eigenvalue weighted by Gasteiger charge is 2.16. The summed E-state index contributed by atoms with van der Waals surface area (Å²) in [6.07, 6.45) is 0.459. The van der Waals surface area contributed by atoms with Gasteiger partial charge in [-0.3, -0.25) is 0 Å². The average molecular weight is 305 g/mol. The van der Waals surface area contributed by atoms with E-state index in [4.69, 9.17) is 0 Å². The Balaban J connectivity index is 2.06. The molecule has 0 saturated carbocycles. The first-order valence-corrected chi connectivity index (χ1v) is 6.93. The third-order valence-electron chi connectivity index (χ3n) is 3.13. The third-order valence-corrected chi connectivity index (χ3v) is 3.62. The van der Waals surface area contributed by atoms with Crippen LogP contribution in [0.1, 0.15) is 24.2 Å². The van der Waals surface area contributed by atoms with Crippen molar-refractivity contribution in [3.63, 3.8) is 0 Å². The van der Waals surface area contributed by atoms with E-state index in [0.717, 1.165) is 16.5 Å². The molecule has 0 aliphatic carbocycles. The van der Waals surface area contributed by atoms with Crippen LogP contribution in [0, 0.1) is 5.92 Å². The van der Waals surface area contributed by atoms with Crippen LogP contribution in [0.25, 0.3) is 0 Å². The predicted octanol–water partition coefficient (Wildman–Crippen LogP) is 4.36. The quantitative estimate of drug-likeness (QED) is 0.890. The van der Waals surface area contributed by atoms with E-state index in [9.17, 15) is 5.11 Å². The largest absolute Gasteiger partial charge is 0.388 e. The Morgan fingerprint density at radius 2 is 1.78 bits per heavy atom. The molecule has 0 bridgehead atoms. The minimum Gasteiger partial charge on any atom is -0.388 e. The summed E-state index contributed by atoms with van der Waals surface area (Å²) in [5.74, 6) is 0.196. The zero-order valence-corrected chi connectivity index (χ0v) is 12.0. The van der Waals surface area contributed by atoms with Gasteiger partial charge in [0, 0.05) is 4.47 Å². The van der Waals surface area contributed by atoms with Crippen molar-refractivity contribution in [3.8, 4) is 0 Å². The highest BCUT2D eigenvalue weighted by Crippen LogP contribution is 2.25. The Hall–Kier alpha value is -1.12. The Kier molecular flexibility index (Phi) is 4.56. The van der Waals surface area contributed by atoms with Crippen LogP contribution in [0.15, 0.2) is 59.1 Å². The number of aliphatic hydroxyl groups is 1. The van der Waals surface area contributed by atoms with Gasteiger partial charge in [-0.1, -0.05) is 65.3 Å². The van der Waals surface area contributed by atoms with Gasteiger partial charge in [0.1, 0.15) is 0 Å². The van der Waals surface area contributed by atoms with Crippen molar-refractivity contribution in [2.75, 3.05) is 0 Å². The second-order valence-corrected chi connectivity index (χ2v) is 5.58. The molecule has 2 heteroatoms. The van der Waals surface area contributed by atoms with Crippen molar-refractivity contribution in [1.82, 2.24) is 0 Å². The number of aliphatic hydroxyl groups excluding tert-OH is 1. The molecular weight excluding hydrogens is 288 g/mol. The normalized spacial score (nSPS) is 14.2. The predicted molar refractivity (Wildman–Crippen MR) is 78.4 cm³/mol. The Labute approximate surface area is 117 Å². The lowest BCUT2D eigenvalue weighted by molar-refractivity contribution is 0.117. The highest BCUT2D eigenvalue weighted by molar-refractivity contribution is 9.10. The molecule has 18 heavy (non-hydrogen) atoms. The summed E-state index contributed by atoms with van der Waals surface area (Å²) in [5.41, 5.74) is 2.23. The molecule has 2 atom stereocenters. The van der Waals surface area contributed by atoms with Gasteiger partial charge in [-0.2, -0.15) is 0 Å². The lowest BCUT2D eigenvalue weighted by Gasteiger charge is -2.19. The molecule has 94 valence electrons. The Morgan fingerprint density at radius 3 is 2.44 bits per heavy atom. The van der Waals surface area contributed by atoms with Crippen LogP contribution < -0.4 is 0 Å². The molecule has 0 radical (unpaired) electrons. The van der Waals surface area contributed by atoms with Crippen molar-refractivity contribution >= 4 is 15.9 Å². The van der Waals surface area contributed by atoms with Crippen molar-refractivity contribution in [3.05, 3.63) is 70.2 Å². The van der Waals surface area contributed by atoms with Gasteiger partial charge < -0.3 is 5.11 Å². The molecule has 0 saturated heterocycles. The van der Waals surface area contributed by atoms with Crippen LogP contribution in [0.5, 0.6) is 0 Å². The maximum absolute atomic E-state index is 10.3. The first kappa shape index (κ1) is 13.3. The third kappa shape index (κ3) is 3.44. The standard InChI is InChI=1S/C16H17BrO/c1-12(10-13-6-5-9-15(17)11-13)16(18)14-7-3-2-4-8-14/h2-9,11-12,16,18H,10H2,1H3. The number of halogens is 1. The molecule has 0 spiro atoms. The lowest BCUT2D eigenvalue weighted by Crippen LogP contribution is -2.11. The molecule has 2 aromatic carbocycles. The Bertz CT molecular complexity index is 495. The molecule has 0 aliphatic heterocycles. The van der Waals surface area contributed by atoms with Crippen LogP contribution >= 0.6 is 15.9 Å². The number of rotatable bonds is 4. The fourth-order valence-corrected chi connectivity index (χ4v) is 2.57. The van der Waals surface area contributed by atoms with Gasteiger partial charge in [-0.15, -0.1) is 0 Å². The molecule has 2 rings (SSSR count). The minimum absolute atomic E-state index is 0.196. The van der Waals surface area contributed by atoms with Crippen LogP contribution in [-0.4, -0.2) is 5.11 Å². The van der Waals surface area contributed by atoms with Gasteiger partial charge >= 0.3 is 0 Å². The van der Waals surface area contributed by atoms with Gasteiger partial charge in [0.05, 0.1) is 6.10 Å². The van der Waals surface area contributed by atoms with E-state index in [1.807, 2.05) is 42.5 Å². The monoisotopic (exact) mass is 304 g/mol. The summed E-state index contributed by atoms with van der Waals surface area (Å²) in [7, 11) is 0. The molecule has 2 aromatic rings. The molecular formula is C16H17BrO. The SMILES string of the molecule is CC(Cc1cccc(Br)c1)C(O)c1ccccc1. The van der Waals surface area contributed by atoms with E-state index in [2.05, 4.69) is 35.0 Å². The van der Waals surface area contributed by atoms with E-state index in [-0.39, 0.29) is 5.92 Å². The second-order valence-electron chi connectivity index (χ2n) is 4.67. The van der Waals surface area contributed by atoms with E-state index >= 15 is 0 Å². The lowest BCUT2D eigenvalue weighted by atomic mass is 9.91. The molecule has 0 fully saturated rings. The van der Waals surface area contributed by atoms with Gasteiger partial charge in [-0.25, -0.2) is 0 Å². The van der Waals surface area contributed by atoms with Gasteiger partial charge in [0.25, 0.3) is 0 Å². The van der Waals surface area contributed by atoms with Crippen LogP contribution in [0.2, 0.25) is 0 Å². The molecule has 1 nitrogen and oxygen atoms in total. The average Bonchev–Trinajstić information content (AvgIpc) is 2.39. The summed E-state index contributed by atoms with van der Waals surface area (Å²) < 4.78 is 1.08. The number of hydrogen-bond donors (Lipinski definition) is 1. The summed E-state index contributed by atoms with van der Waals surface area (Å²) in [4.78, 5) is 0. The molecule has 0 amide bonds. The van der Waals surface area contributed by atoms with E-state index in [0.29, 0.717) is 0 Å². The molecule has 0 aliphatic rings.